The molecule has 0 bridgehead atoms. The molecule has 4 nitrogen and oxygen atoms in total. The van der Waals surface area contributed by atoms with Gasteiger partial charge in [-0.2, -0.15) is 0 Å². The molecule has 0 aliphatic rings. The van der Waals surface area contributed by atoms with Gasteiger partial charge in [-0.05, 0) is 102 Å². The average Bonchev–Trinajstić information content (AvgIpc) is 3.94. The zero-order valence-electron chi connectivity index (χ0n) is 29.2. The minimum Gasteiger partial charge on any atom is -0.456 e. The Morgan fingerprint density at radius 2 is 0.963 bits per heavy atom. The van der Waals surface area contributed by atoms with Crippen LogP contribution in [0.25, 0.3) is 82.9 Å². The van der Waals surface area contributed by atoms with E-state index in [9.17, 15) is 0 Å². The molecule has 0 atom stereocenters. The Morgan fingerprint density at radius 1 is 0.389 bits per heavy atom. The maximum absolute atomic E-state index is 6.60. The summed E-state index contributed by atoms with van der Waals surface area (Å²) in [5, 5.41) is 5.72. The van der Waals surface area contributed by atoms with Crippen molar-refractivity contribution >= 4 is 71.8 Å². The van der Waals surface area contributed by atoms with Crippen molar-refractivity contribution in [1.82, 2.24) is 4.57 Å². The third kappa shape index (κ3) is 4.85. The standard InChI is InChI=1S/C50H32N2O2/c1-2-10-33(11-3-1)34-18-22-37(23-19-34)51(38-24-20-35(21-25-38)48-32-36-12-4-8-16-46(36)53-48)39-26-28-40(29-27-39)52-45-15-7-5-13-41(45)43-30-31-44-42-14-6-9-17-47(42)54-50(44)49(43)52/h1-32H. The highest BCUT2D eigenvalue weighted by Crippen LogP contribution is 2.42. The summed E-state index contributed by atoms with van der Waals surface area (Å²) in [7, 11) is 0. The van der Waals surface area contributed by atoms with E-state index in [4.69, 9.17) is 8.83 Å². The van der Waals surface area contributed by atoms with Gasteiger partial charge in [0.1, 0.15) is 16.9 Å². The van der Waals surface area contributed by atoms with Gasteiger partial charge in [-0.1, -0.05) is 103 Å². The lowest BCUT2D eigenvalue weighted by Crippen LogP contribution is -2.10. The topological polar surface area (TPSA) is 34.5 Å². The van der Waals surface area contributed by atoms with E-state index in [0.29, 0.717) is 0 Å². The molecule has 11 rings (SSSR count). The van der Waals surface area contributed by atoms with Gasteiger partial charge in [-0.15, -0.1) is 0 Å². The molecule has 0 radical (unpaired) electrons. The molecule has 0 aliphatic heterocycles. The second-order valence-electron chi connectivity index (χ2n) is 13.7. The maximum Gasteiger partial charge on any atom is 0.160 e. The zero-order chi connectivity index (χ0) is 35.6. The van der Waals surface area contributed by atoms with Crippen LogP contribution in [0, 0.1) is 0 Å². The van der Waals surface area contributed by atoms with Crippen molar-refractivity contribution < 1.29 is 8.83 Å². The van der Waals surface area contributed by atoms with Crippen LogP contribution >= 0.6 is 0 Å². The summed E-state index contributed by atoms with van der Waals surface area (Å²) in [6.07, 6.45) is 0. The van der Waals surface area contributed by atoms with Gasteiger partial charge in [0.2, 0.25) is 0 Å². The Labute approximate surface area is 311 Å². The molecule has 8 aromatic carbocycles. The Bertz CT molecular complexity index is 3100. The summed E-state index contributed by atoms with van der Waals surface area (Å²) in [6.45, 7) is 0. The SMILES string of the molecule is c1ccc(-c2ccc(N(c3ccc(-c4cc5ccccc5o4)cc3)c3ccc(-n4c5ccccc5c5ccc6c7ccccc7oc6c54)cc3)cc2)cc1. The minimum absolute atomic E-state index is 0.857. The van der Waals surface area contributed by atoms with E-state index in [1.165, 1.54) is 21.9 Å². The number of para-hydroxylation sites is 3. The number of anilines is 3. The third-order valence-corrected chi connectivity index (χ3v) is 10.6. The summed E-state index contributed by atoms with van der Waals surface area (Å²) < 4.78 is 15.2. The van der Waals surface area contributed by atoms with E-state index < -0.39 is 0 Å². The van der Waals surface area contributed by atoms with E-state index in [-0.39, 0.29) is 0 Å². The smallest absolute Gasteiger partial charge is 0.160 e. The first-order valence-electron chi connectivity index (χ1n) is 18.3. The van der Waals surface area contributed by atoms with Gasteiger partial charge in [-0.3, -0.25) is 0 Å². The lowest BCUT2D eigenvalue weighted by Gasteiger charge is -2.26. The molecule has 3 aromatic heterocycles. The molecule has 0 unspecified atom stereocenters. The van der Waals surface area contributed by atoms with Crippen LogP contribution in [0.15, 0.2) is 203 Å². The zero-order valence-corrected chi connectivity index (χ0v) is 29.2. The largest absolute Gasteiger partial charge is 0.456 e. The van der Waals surface area contributed by atoms with E-state index in [0.717, 1.165) is 78.0 Å². The third-order valence-electron chi connectivity index (χ3n) is 10.6. The molecule has 54 heavy (non-hydrogen) atoms. The highest BCUT2D eigenvalue weighted by Gasteiger charge is 2.20. The highest BCUT2D eigenvalue weighted by atomic mass is 16.3. The van der Waals surface area contributed by atoms with Crippen molar-refractivity contribution in [2.75, 3.05) is 4.90 Å². The van der Waals surface area contributed by atoms with Crippen LogP contribution < -0.4 is 4.90 Å². The Balaban J connectivity index is 1.04. The first kappa shape index (κ1) is 30.3. The van der Waals surface area contributed by atoms with E-state index in [2.05, 4.69) is 173 Å². The molecule has 0 saturated heterocycles. The Kier molecular flexibility index (Phi) is 6.82. The number of hydrogen-bond donors (Lipinski definition) is 0. The van der Waals surface area contributed by atoms with Crippen LogP contribution in [0.4, 0.5) is 17.1 Å². The van der Waals surface area contributed by atoms with Crippen molar-refractivity contribution in [2.24, 2.45) is 0 Å². The number of furan rings is 2. The van der Waals surface area contributed by atoms with Crippen molar-refractivity contribution in [3.05, 3.63) is 194 Å². The first-order valence-corrected chi connectivity index (χ1v) is 18.3. The summed E-state index contributed by atoms with van der Waals surface area (Å²) in [5.41, 5.74) is 12.6. The maximum atomic E-state index is 6.60. The molecule has 0 spiro atoms. The van der Waals surface area contributed by atoms with Crippen LogP contribution in [0.1, 0.15) is 0 Å². The molecule has 11 aromatic rings. The van der Waals surface area contributed by atoms with Gasteiger partial charge in [0, 0.05) is 55.2 Å². The van der Waals surface area contributed by atoms with Gasteiger partial charge in [0.25, 0.3) is 0 Å². The number of nitrogens with zero attached hydrogens (tertiary/aromatic N) is 2. The monoisotopic (exact) mass is 692 g/mol. The van der Waals surface area contributed by atoms with Gasteiger partial charge >= 0.3 is 0 Å². The van der Waals surface area contributed by atoms with Crippen LogP contribution in [-0.2, 0) is 0 Å². The van der Waals surface area contributed by atoms with E-state index in [1.54, 1.807) is 0 Å². The Morgan fingerprint density at radius 3 is 1.70 bits per heavy atom. The summed E-state index contributed by atoms with van der Waals surface area (Å²) >= 11 is 0. The lowest BCUT2D eigenvalue weighted by molar-refractivity contribution is 0.631. The molecule has 3 heterocycles. The summed E-state index contributed by atoms with van der Waals surface area (Å²) in [4.78, 5) is 2.31. The second-order valence-corrected chi connectivity index (χ2v) is 13.7. The second kappa shape index (κ2) is 12.1. The Hall–Kier alpha value is -7.30. The normalized spacial score (nSPS) is 11.7. The number of hydrogen-bond acceptors (Lipinski definition) is 3. The van der Waals surface area contributed by atoms with E-state index in [1.807, 2.05) is 30.3 Å². The predicted molar refractivity (Wildman–Crippen MR) is 223 cm³/mol. The van der Waals surface area contributed by atoms with Crippen LogP contribution in [0.5, 0.6) is 0 Å². The number of rotatable bonds is 6. The first-order chi connectivity index (χ1) is 26.8. The molecule has 254 valence electrons. The van der Waals surface area contributed by atoms with Crippen molar-refractivity contribution in [3.63, 3.8) is 0 Å². The summed E-state index contributed by atoms with van der Waals surface area (Å²) in [5.74, 6) is 0.857. The van der Waals surface area contributed by atoms with Crippen LogP contribution in [-0.4, -0.2) is 4.57 Å². The lowest BCUT2D eigenvalue weighted by atomic mass is 10.0. The molecule has 0 N–H and O–H groups in total. The number of benzene rings is 8. The number of fused-ring (bicyclic) bond motifs is 8. The molecular formula is C50H32N2O2. The number of aromatic nitrogens is 1. The molecule has 0 aliphatic carbocycles. The minimum atomic E-state index is 0.857. The quantitative estimate of drug-likeness (QED) is 0.174. The van der Waals surface area contributed by atoms with Crippen molar-refractivity contribution in [2.45, 2.75) is 0 Å². The van der Waals surface area contributed by atoms with Crippen LogP contribution in [0.2, 0.25) is 0 Å². The fraction of sp³-hybridized carbons (Fsp3) is 0. The fourth-order valence-corrected chi connectivity index (χ4v) is 8.03. The van der Waals surface area contributed by atoms with E-state index >= 15 is 0 Å². The molecule has 0 fully saturated rings. The average molecular weight is 693 g/mol. The van der Waals surface area contributed by atoms with Gasteiger partial charge < -0.3 is 18.3 Å². The molecule has 4 heteroatoms. The predicted octanol–water partition coefficient (Wildman–Crippen LogP) is 14.2. The van der Waals surface area contributed by atoms with Gasteiger partial charge in [-0.25, -0.2) is 0 Å². The molecule has 0 saturated carbocycles. The summed E-state index contributed by atoms with van der Waals surface area (Å²) in [6, 6.07) is 68.4. The van der Waals surface area contributed by atoms with Gasteiger partial charge in [0.15, 0.2) is 5.58 Å². The highest BCUT2D eigenvalue weighted by molar-refractivity contribution is 6.21. The van der Waals surface area contributed by atoms with Crippen LogP contribution in [0.3, 0.4) is 0 Å². The fourth-order valence-electron chi connectivity index (χ4n) is 8.03. The molecule has 0 amide bonds. The van der Waals surface area contributed by atoms with Gasteiger partial charge in [0.05, 0.1) is 11.0 Å². The molecular weight excluding hydrogens is 661 g/mol. The van der Waals surface area contributed by atoms with Crippen molar-refractivity contribution in [1.29, 1.82) is 0 Å². The van der Waals surface area contributed by atoms with Crippen molar-refractivity contribution in [3.8, 4) is 28.1 Å².